The molecule has 6 nitrogen and oxygen atoms in total. The van der Waals surface area contributed by atoms with Gasteiger partial charge in [0.05, 0.1) is 20.1 Å². The molecule has 1 aromatic heterocycles. The normalized spacial score (nSPS) is 15.0. The molecule has 0 spiro atoms. The number of rotatable bonds is 3. The van der Waals surface area contributed by atoms with Crippen molar-refractivity contribution < 1.29 is 23.3 Å². The lowest BCUT2D eigenvalue weighted by Gasteiger charge is -2.24. The Labute approximate surface area is 138 Å². The highest BCUT2D eigenvalue weighted by molar-refractivity contribution is 6.35. The maximum Gasteiger partial charge on any atom is 0.400 e. The summed E-state index contributed by atoms with van der Waals surface area (Å²) in [4.78, 5) is 29.0. The van der Waals surface area contributed by atoms with Crippen LogP contribution in [0.1, 0.15) is 5.56 Å². The average Bonchev–Trinajstić information content (AvgIpc) is 2.96. The quantitative estimate of drug-likeness (QED) is 0.672. The molecule has 0 bridgehead atoms. The van der Waals surface area contributed by atoms with Crippen molar-refractivity contribution >= 4 is 28.5 Å². The molecule has 0 unspecified atom stereocenters. The summed E-state index contributed by atoms with van der Waals surface area (Å²) in [5.74, 6) is -0.814. The fraction of sp³-hybridized carbons (Fsp3) is 0.353. The third-order valence-corrected chi connectivity index (χ3v) is 4.35. The van der Waals surface area contributed by atoms with Gasteiger partial charge in [-0.3, -0.25) is 4.79 Å². The maximum atomic E-state index is 13.2. The number of carbonyl (C=O) groups is 2. The van der Waals surface area contributed by atoms with Crippen LogP contribution in [0.3, 0.4) is 0 Å². The molecule has 24 heavy (non-hydrogen) atoms. The molecule has 0 radical (unpaired) electrons. The SMILES string of the molecule is COC(=O)C1=[N+](C)CCN(C(=O)Cc2c[nH]c3cc(F)ccc23)C1. The molecule has 0 aliphatic carbocycles. The third-order valence-electron chi connectivity index (χ3n) is 4.35. The van der Waals surface area contributed by atoms with Crippen molar-refractivity contribution in [3.63, 3.8) is 0 Å². The Balaban J connectivity index is 1.76. The minimum Gasteiger partial charge on any atom is -0.461 e. The van der Waals surface area contributed by atoms with Crippen molar-refractivity contribution in [2.24, 2.45) is 0 Å². The zero-order valence-corrected chi connectivity index (χ0v) is 13.6. The summed E-state index contributed by atoms with van der Waals surface area (Å²) >= 11 is 0. The Morgan fingerprint density at radius 2 is 2.21 bits per heavy atom. The minimum atomic E-state index is -0.419. The highest BCUT2D eigenvalue weighted by Crippen LogP contribution is 2.20. The lowest BCUT2D eigenvalue weighted by molar-refractivity contribution is -0.502. The molecule has 1 aromatic carbocycles. The zero-order valence-electron chi connectivity index (χ0n) is 13.6. The number of ether oxygens (including phenoxy) is 1. The molecule has 1 amide bonds. The van der Waals surface area contributed by atoms with Crippen molar-refractivity contribution in [1.82, 2.24) is 9.88 Å². The summed E-state index contributed by atoms with van der Waals surface area (Å²) in [6.45, 7) is 1.36. The number of nitrogens with zero attached hydrogens (tertiary/aromatic N) is 2. The van der Waals surface area contributed by atoms with Gasteiger partial charge in [-0.2, -0.15) is 0 Å². The highest BCUT2D eigenvalue weighted by Gasteiger charge is 2.32. The standard InChI is InChI=1S/C17H18FN3O3/c1-20-5-6-21(10-15(20)17(23)24-2)16(22)7-11-9-19-14-8-12(18)3-4-13(11)14/h3-4,8-9H,5-7,10H2,1-2H3/p+1. The van der Waals surface area contributed by atoms with E-state index < -0.39 is 5.97 Å². The largest absolute Gasteiger partial charge is 0.461 e. The Hall–Kier alpha value is -2.70. The van der Waals surface area contributed by atoms with E-state index in [1.54, 1.807) is 17.2 Å². The van der Waals surface area contributed by atoms with E-state index in [9.17, 15) is 14.0 Å². The second-order valence-electron chi connectivity index (χ2n) is 5.86. The monoisotopic (exact) mass is 332 g/mol. The van der Waals surface area contributed by atoms with Gasteiger partial charge >= 0.3 is 5.97 Å². The summed E-state index contributed by atoms with van der Waals surface area (Å²) in [6, 6.07) is 4.45. The van der Waals surface area contributed by atoms with Crippen LogP contribution in [0.15, 0.2) is 24.4 Å². The summed E-state index contributed by atoms with van der Waals surface area (Å²) in [7, 11) is 3.14. The number of methoxy groups -OCH3 is 1. The van der Waals surface area contributed by atoms with Gasteiger partial charge in [-0.1, -0.05) is 0 Å². The number of nitrogens with one attached hydrogen (secondary N) is 1. The fourth-order valence-corrected chi connectivity index (χ4v) is 2.92. The molecule has 1 aliphatic heterocycles. The molecule has 0 saturated carbocycles. The molecule has 1 N–H and O–H groups in total. The summed E-state index contributed by atoms with van der Waals surface area (Å²) < 4.78 is 19.8. The number of aromatic amines is 1. The lowest BCUT2D eigenvalue weighted by Crippen LogP contribution is -2.49. The number of H-pyrrole nitrogens is 1. The van der Waals surface area contributed by atoms with Crippen molar-refractivity contribution in [3.8, 4) is 0 Å². The van der Waals surface area contributed by atoms with Gasteiger partial charge in [0, 0.05) is 17.1 Å². The summed E-state index contributed by atoms with van der Waals surface area (Å²) in [5.41, 5.74) is 1.95. The summed E-state index contributed by atoms with van der Waals surface area (Å²) in [6.07, 6.45) is 1.92. The van der Waals surface area contributed by atoms with E-state index in [0.29, 0.717) is 24.3 Å². The number of esters is 1. The number of fused-ring (bicyclic) bond motifs is 1. The smallest absolute Gasteiger partial charge is 0.400 e. The fourth-order valence-electron chi connectivity index (χ4n) is 2.92. The van der Waals surface area contributed by atoms with Crippen molar-refractivity contribution in [2.75, 3.05) is 33.8 Å². The zero-order chi connectivity index (χ0) is 17.3. The number of benzene rings is 1. The number of amides is 1. The Bertz CT molecular complexity index is 841. The third kappa shape index (κ3) is 3.02. The number of aromatic nitrogens is 1. The van der Waals surface area contributed by atoms with Gasteiger partial charge in [-0.25, -0.2) is 13.8 Å². The summed E-state index contributed by atoms with van der Waals surface area (Å²) in [5, 5.41) is 0.830. The van der Waals surface area contributed by atoms with Crippen molar-refractivity contribution in [3.05, 3.63) is 35.8 Å². The number of halogens is 1. The van der Waals surface area contributed by atoms with Crippen molar-refractivity contribution in [1.29, 1.82) is 0 Å². The first kappa shape index (κ1) is 16.2. The Morgan fingerprint density at radius 1 is 1.42 bits per heavy atom. The van der Waals surface area contributed by atoms with E-state index in [2.05, 4.69) is 4.98 Å². The van der Waals surface area contributed by atoms with Crippen LogP contribution in [0.4, 0.5) is 4.39 Å². The highest BCUT2D eigenvalue weighted by atomic mass is 19.1. The predicted molar refractivity (Wildman–Crippen MR) is 86.6 cm³/mol. The number of carbonyl (C=O) groups excluding carboxylic acids is 2. The van der Waals surface area contributed by atoms with Crippen LogP contribution in [0.2, 0.25) is 0 Å². The van der Waals surface area contributed by atoms with Crippen LogP contribution in [0.25, 0.3) is 10.9 Å². The molecule has 126 valence electrons. The van der Waals surface area contributed by atoms with Crippen LogP contribution in [-0.2, 0) is 20.7 Å². The van der Waals surface area contributed by atoms with Gasteiger partial charge in [-0.05, 0) is 23.8 Å². The lowest BCUT2D eigenvalue weighted by atomic mass is 10.1. The molecule has 1 aliphatic rings. The number of hydrogen-bond donors (Lipinski definition) is 1. The predicted octanol–water partition coefficient (Wildman–Crippen LogP) is 0.948. The first-order chi connectivity index (χ1) is 11.5. The first-order valence-electron chi connectivity index (χ1n) is 7.68. The average molecular weight is 332 g/mol. The Morgan fingerprint density at radius 3 is 2.96 bits per heavy atom. The van der Waals surface area contributed by atoms with Gasteiger partial charge in [0.15, 0.2) is 6.54 Å². The van der Waals surface area contributed by atoms with Gasteiger partial charge in [-0.15, -0.1) is 0 Å². The van der Waals surface area contributed by atoms with E-state index >= 15 is 0 Å². The van der Waals surface area contributed by atoms with Gasteiger partial charge in [0.1, 0.15) is 19.4 Å². The van der Waals surface area contributed by atoms with E-state index in [4.69, 9.17) is 4.74 Å². The van der Waals surface area contributed by atoms with E-state index in [0.717, 1.165) is 10.9 Å². The van der Waals surface area contributed by atoms with Crippen LogP contribution < -0.4 is 0 Å². The molecular weight excluding hydrogens is 313 g/mol. The number of likely N-dealkylation sites (N-methyl/N-ethyl adjacent to an activating group) is 1. The molecular formula is C17H19FN3O3+. The molecule has 2 heterocycles. The second-order valence-corrected chi connectivity index (χ2v) is 5.86. The van der Waals surface area contributed by atoms with Crippen LogP contribution in [0, 0.1) is 5.82 Å². The molecule has 0 atom stereocenters. The minimum absolute atomic E-state index is 0.0743. The molecule has 2 aromatic rings. The topological polar surface area (TPSA) is 65.4 Å². The molecule has 0 saturated heterocycles. The Kier molecular flexibility index (Phi) is 4.33. The van der Waals surface area contributed by atoms with Crippen LogP contribution >= 0.6 is 0 Å². The second kappa shape index (κ2) is 6.43. The molecule has 3 rings (SSSR count). The van der Waals surface area contributed by atoms with Gasteiger partial charge in [0.2, 0.25) is 5.91 Å². The molecule has 7 heteroatoms. The van der Waals surface area contributed by atoms with Gasteiger partial charge < -0.3 is 14.6 Å². The number of hydrogen-bond acceptors (Lipinski definition) is 3. The van der Waals surface area contributed by atoms with Gasteiger partial charge in [0.25, 0.3) is 5.71 Å². The molecule has 0 fully saturated rings. The van der Waals surface area contributed by atoms with E-state index in [1.807, 2.05) is 11.6 Å². The first-order valence-corrected chi connectivity index (χ1v) is 7.68. The van der Waals surface area contributed by atoms with E-state index in [-0.39, 0.29) is 24.7 Å². The maximum absolute atomic E-state index is 13.2. The van der Waals surface area contributed by atoms with Crippen molar-refractivity contribution in [2.45, 2.75) is 6.42 Å². The van der Waals surface area contributed by atoms with Crippen LogP contribution in [0.5, 0.6) is 0 Å². The van der Waals surface area contributed by atoms with Crippen LogP contribution in [-0.4, -0.2) is 65.8 Å². The van der Waals surface area contributed by atoms with E-state index in [1.165, 1.54) is 19.2 Å².